The van der Waals surface area contributed by atoms with Gasteiger partial charge >= 0.3 is 0 Å². The Hall–Kier alpha value is -1.03. The van der Waals surface area contributed by atoms with Crippen LogP contribution < -0.4 is 5.32 Å². The molecule has 0 aliphatic carbocycles. The molecule has 2 amide bonds. The number of carbonyl (C=O) groups excluding carboxylic acids is 2. The van der Waals surface area contributed by atoms with E-state index in [0.717, 1.165) is 0 Å². The average Bonchev–Trinajstić information content (AvgIpc) is 2.38. The van der Waals surface area contributed by atoms with Gasteiger partial charge in [-0.25, -0.2) is 0 Å². The van der Waals surface area contributed by atoms with Crippen molar-refractivity contribution in [3.8, 4) is 0 Å². The summed E-state index contributed by atoms with van der Waals surface area (Å²) in [6.45, 7) is 8.11. The zero-order valence-corrected chi connectivity index (χ0v) is 12.8. The first-order chi connectivity index (χ1) is 8.93. The van der Waals surface area contributed by atoms with Gasteiger partial charge in [-0.1, -0.05) is 45.4 Å². The van der Waals surface area contributed by atoms with Gasteiger partial charge in [-0.15, -0.1) is 0 Å². The van der Waals surface area contributed by atoms with E-state index in [9.17, 15) is 9.59 Å². The Labute approximate surface area is 120 Å². The van der Waals surface area contributed by atoms with Gasteiger partial charge in [0.2, 0.25) is 11.8 Å². The number of hydrogen-bond acceptors (Lipinski definition) is 2. The van der Waals surface area contributed by atoms with E-state index in [4.69, 9.17) is 11.6 Å². The summed E-state index contributed by atoms with van der Waals surface area (Å²) in [6.07, 6.45) is 2.89. The van der Waals surface area contributed by atoms with Gasteiger partial charge in [0.25, 0.3) is 0 Å². The van der Waals surface area contributed by atoms with Gasteiger partial charge < -0.3 is 10.2 Å². The second-order valence-electron chi connectivity index (χ2n) is 5.29. The first kappa shape index (κ1) is 16.0. The summed E-state index contributed by atoms with van der Waals surface area (Å²) in [5.74, 6) is -0.00812. The van der Waals surface area contributed by atoms with Gasteiger partial charge in [0.15, 0.2) is 0 Å². The number of carbonyl (C=O) groups is 2. The van der Waals surface area contributed by atoms with Crippen molar-refractivity contribution in [2.45, 2.75) is 52.1 Å². The van der Waals surface area contributed by atoms with Crippen molar-refractivity contribution in [1.82, 2.24) is 10.2 Å². The van der Waals surface area contributed by atoms with Crippen molar-refractivity contribution < 1.29 is 9.59 Å². The fourth-order valence-electron chi connectivity index (χ4n) is 2.65. The van der Waals surface area contributed by atoms with E-state index >= 15 is 0 Å². The highest BCUT2D eigenvalue weighted by Gasteiger charge is 2.49. The number of nitrogens with one attached hydrogen (secondary N) is 1. The van der Waals surface area contributed by atoms with Crippen LogP contribution in [0.5, 0.6) is 0 Å². The molecule has 1 rings (SSSR count). The van der Waals surface area contributed by atoms with E-state index in [1.165, 1.54) is 5.54 Å². The van der Waals surface area contributed by atoms with Crippen molar-refractivity contribution in [3.05, 3.63) is 11.6 Å². The van der Waals surface area contributed by atoms with E-state index in [-0.39, 0.29) is 17.7 Å². The minimum Gasteiger partial charge on any atom is -0.340 e. The van der Waals surface area contributed by atoms with Crippen LogP contribution in [0.2, 0.25) is 0 Å². The molecule has 19 heavy (non-hydrogen) atoms. The molecular formula is C14H23ClN2O2. The lowest BCUT2D eigenvalue weighted by atomic mass is 9.85. The molecular weight excluding hydrogens is 264 g/mol. The molecule has 1 fully saturated rings. The van der Waals surface area contributed by atoms with Crippen LogP contribution in [-0.4, -0.2) is 34.8 Å². The fourth-order valence-corrected chi connectivity index (χ4v) is 2.73. The number of rotatable bonds is 5. The zero-order valence-electron chi connectivity index (χ0n) is 12.1. The van der Waals surface area contributed by atoms with Crippen LogP contribution in [0.15, 0.2) is 11.6 Å². The summed E-state index contributed by atoms with van der Waals surface area (Å²) in [5.41, 5.74) is 0.624. The number of hydrogen-bond donors (Lipinski definition) is 1. The average molecular weight is 287 g/mol. The molecule has 0 aromatic carbocycles. The van der Waals surface area contributed by atoms with Gasteiger partial charge in [-0.05, 0) is 18.8 Å². The topological polar surface area (TPSA) is 49.4 Å². The Kier molecular flexibility index (Phi) is 5.41. The van der Waals surface area contributed by atoms with Crippen LogP contribution in [0.25, 0.3) is 0 Å². The Balaban J connectivity index is 3.14. The molecule has 1 aliphatic rings. The summed E-state index contributed by atoms with van der Waals surface area (Å²) in [6, 6.07) is -0.424. The summed E-state index contributed by atoms with van der Waals surface area (Å²) in [7, 11) is 0. The molecule has 108 valence electrons. The normalized spacial score (nSPS) is 23.3. The van der Waals surface area contributed by atoms with E-state index in [1.807, 2.05) is 27.7 Å². The van der Waals surface area contributed by atoms with Crippen LogP contribution >= 0.6 is 11.6 Å². The quantitative estimate of drug-likeness (QED) is 0.843. The van der Waals surface area contributed by atoms with Crippen molar-refractivity contribution >= 4 is 23.4 Å². The Morgan fingerprint density at radius 3 is 2.37 bits per heavy atom. The van der Waals surface area contributed by atoms with Crippen LogP contribution in [0, 0.1) is 5.92 Å². The molecule has 0 spiro atoms. The predicted molar refractivity (Wildman–Crippen MR) is 76.8 cm³/mol. The molecule has 0 saturated carbocycles. The molecule has 1 aliphatic heterocycles. The largest absolute Gasteiger partial charge is 0.340 e. The molecule has 1 N–H and O–H groups in total. The minimum atomic E-state index is -0.761. The van der Waals surface area contributed by atoms with Gasteiger partial charge in [0.05, 0.1) is 0 Å². The van der Waals surface area contributed by atoms with E-state index in [2.05, 4.69) is 5.32 Å². The number of halogens is 1. The lowest BCUT2D eigenvalue weighted by molar-refractivity contribution is -0.156. The molecule has 1 atom stereocenters. The Morgan fingerprint density at radius 2 is 1.95 bits per heavy atom. The molecule has 0 bridgehead atoms. The van der Waals surface area contributed by atoms with Crippen LogP contribution in [0.3, 0.4) is 0 Å². The highest BCUT2D eigenvalue weighted by atomic mass is 35.5. The molecule has 4 nitrogen and oxygen atoms in total. The van der Waals surface area contributed by atoms with Gasteiger partial charge in [-0.2, -0.15) is 0 Å². The summed E-state index contributed by atoms with van der Waals surface area (Å²) in [4.78, 5) is 26.7. The molecule has 1 heterocycles. The lowest BCUT2D eigenvalue weighted by Crippen LogP contribution is -2.71. The maximum absolute atomic E-state index is 12.7. The maximum atomic E-state index is 12.7. The fraction of sp³-hybridized carbons (Fsp3) is 0.714. The highest BCUT2D eigenvalue weighted by Crippen LogP contribution is 2.27. The summed E-state index contributed by atoms with van der Waals surface area (Å²) < 4.78 is 0. The SMILES string of the molecule is CCC1(CC)NC(=O)C(C(C)C)N(C/C=C/Cl)C1=O. The van der Waals surface area contributed by atoms with Gasteiger partial charge in [-0.3, -0.25) is 9.59 Å². The van der Waals surface area contributed by atoms with E-state index < -0.39 is 11.6 Å². The van der Waals surface area contributed by atoms with Crippen molar-refractivity contribution in [2.24, 2.45) is 5.92 Å². The van der Waals surface area contributed by atoms with Crippen molar-refractivity contribution in [1.29, 1.82) is 0 Å². The van der Waals surface area contributed by atoms with Crippen molar-refractivity contribution in [3.63, 3.8) is 0 Å². The number of amides is 2. The standard InChI is InChI=1S/C14H23ClN2O2/c1-5-14(6-2)13(19)17(9-7-8-15)11(10(3)4)12(18)16-14/h7-8,10-11H,5-6,9H2,1-4H3,(H,16,18)/b8-7+. The minimum absolute atomic E-state index is 0.00873. The number of nitrogens with zero attached hydrogens (tertiary/aromatic N) is 1. The third-order valence-corrected chi connectivity index (χ3v) is 4.05. The molecule has 0 radical (unpaired) electrons. The Bertz CT molecular complexity index is 376. The first-order valence-corrected chi connectivity index (χ1v) is 7.25. The second-order valence-corrected chi connectivity index (χ2v) is 5.54. The smallest absolute Gasteiger partial charge is 0.249 e. The van der Waals surface area contributed by atoms with E-state index in [1.54, 1.807) is 11.0 Å². The lowest BCUT2D eigenvalue weighted by Gasteiger charge is -2.46. The van der Waals surface area contributed by atoms with Crippen LogP contribution in [0.1, 0.15) is 40.5 Å². The highest BCUT2D eigenvalue weighted by molar-refractivity contribution is 6.25. The van der Waals surface area contributed by atoms with Gasteiger partial charge in [0.1, 0.15) is 11.6 Å². The molecule has 0 aromatic rings. The second kappa shape index (κ2) is 6.42. The third-order valence-electron chi connectivity index (χ3n) is 3.87. The first-order valence-electron chi connectivity index (χ1n) is 6.81. The predicted octanol–water partition coefficient (Wildman–Crippen LogP) is 2.28. The Morgan fingerprint density at radius 1 is 1.37 bits per heavy atom. The third kappa shape index (κ3) is 2.94. The number of piperazine rings is 1. The summed E-state index contributed by atoms with van der Waals surface area (Å²) in [5, 5.41) is 2.93. The summed E-state index contributed by atoms with van der Waals surface area (Å²) >= 11 is 5.55. The van der Waals surface area contributed by atoms with Gasteiger partial charge in [0, 0.05) is 12.1 Å². The molecule has 0 aromatic heterocycles. The molecule has 5 heteroatoms. The maximum Gasteiger partial charge on any atom is 0.249 e. The molecule has 1 unspecified atom stereocenters. The zero-order chi connectivity index (χ0) is 14.6. The van der Waals surface area contributed by atoms with Crippen LogP contribution in [0.4, 0.5) is 0 Å². The van der Waals surface area contributed by atoms with Crippen molar-refractivity contribution in [2.75, 3.05) is 6.54 Å². The molecule has 1 saturated heterocycles. The van der Waals surface area contributed by atoms with Crippen LogP contribution in [-0.2, 0) is 9.59 Å². The van der Waals surface area contributed by atoms with E-state index in [0.29, 0.717) is 19.4 Å². The monoisotopic (exact) mass is 286 g/mol.